The Hall–Kier alpha value is -0.340. The lowest BCUT2D eigenvalue weighted by atomic mass is 9.76. The fraction of sp³-hybridized carbons (Fsp3) is 0.900. The van der Waals surface area contributed by atoms with Gasteiger partial charge in [-0.2, -0.15) is 17.9 Å². The average Bonchev–Trinajstić information content (AvgIpc) is 2.44. The van der Waals surface area contributed by atoms with Crippen LogP contribution in [0, 0.1) is 16.7 Å². The fourth-order valence-electron chi connectivity index (χ4n) is 2.64. The number of rotatable bonds is 11. The zero-order chi connectivity index (χ0) is 21.6. The molecule has 0 aromatic heterocycles. The van der Waals surface area contributed by atoms with E-state index >= 15 is 0 Å². The Balaban J connectivity index is 5.56. The van der Waals surface area contributed by atoms with Crippen molar-refractivity contribution in [2.45, 2.75) is 98.0 Å². The summed E-state index contributed by atoms with van der Waals surface area (Å²) in [7, 11) is -0.908. The Kier molecular flexibility index (Phi) is 10.3. The predicted octanol–water partition coefficient (Wildman–Crippen LogP) is 4.98. The molecule has 0 aromatic rings. The molecule has 0 saturated heterocycles. The van der Waals surface area contributed by atoms with Crippen LogP contribution in [0.4, 0.5) is 0 Å². The zero-order valence-electron chi connectivity index (χ0n) is 18.9. The van der Waals surface area contributed by atoms with Crippen molar-refractivity contribution in [3.8, 4) is 6.07 Å². The van der Waals surface area contributed by atoms with Crippen LogP contribution in [0.15, 0.2) is 0 Å². The van der Waals surface area contributed by atoms with Crippen LogP contribution in [0.2, 0.25) is 0 Å². The predicted molar refractivity (Wildman–Crippen MR) is 119 cm³/mol. The fourth-order valence-corrected chi connectivity index (χ4v) is 5.49. The van der Waals surface area contributed by atoms with Crippen LogP contribution < -0.4 is 5.32 Å². The summed E-state index contributed by atoms with van der Waals surface area (Å²) in [5.74, 6) is -0.0804. The number of thiol groups is 1. The third kappa shape index (κ3) is 8.28. The molecule has 0 aliphatic carbocycles. The molecular weight excluding hydrogens is 377 g/mol. The number of hydrogen-bond donors (Lipinski definition) is 2. The van der Waals surface area contributed by atoms with Crippen molar-refractivity contribution in [2.24, 2.45) is 5.41 Å². The van der Waals surface area contributed by atoms with E-state index in [1.54, 1.807) is 13.8 Å². The lowest BCUT2D eigenvalue weighted by Crippen LogP contribution is -2.58. The molecule has 0 heterocycles. The third-order valence-electron chi connectivity index (χ3n) is 4.97. The second-order valence-corrected chi connectivity index (χ2v) is 12.2. The second kappa shape index (κ2) is 10.4. The standard InChI is InChI=1S/C20H40N3O2PS/c1-15(2)23(16(3)4)26(25-13-11-12-21)14-18(5,6)20(9,10)22-17(24)19(7,8)27/h15-16,27H,11,13-14H2,1-10H3,(H,22,24). The Morgan fingerprint density at radius 2 is 1.63 bits per heavy atom. The number of nitriles is 1. The minimum Gasteiger partial charge on any atom is -0.349 e. The number of hydrogen-bond acceptors (Lipinski definition) is 5. The van der Waals surface area contributed by atoms with Crippen molar-refractivity contribution in [1.82, 2.24) is 9.99 Å². The number of carbonyl (C=O) groups excluding carboxylic acids is 1. The smallest absolute Gasteiger partial charge is 0.235 e. The molecule has 0 aliphatic heterocycles. The van der Waals surface area contributed by atoms with Crippen LogP contribution in [-0.2, 0) is 9.32 Å². The molecule has 27 heavy (non-hydrogen) atoms. The quantitative estimate of drug-likeness (QED) is 0.283. The summed E-state index contributed by atoms with van der Waals surface area (Å²) in [6.07, 6.45) is 1.18. The largest absolute Gasteiger partial charge is 0.349 e. The lowest BCUT2D eigenvalue weighted by molar-refractivity contribution is -0.125. The van der Waals surface area contributed by atoms with E-state index in [2.05, 4.69) is 84.1 Å². The summed E-state index contributed by atoms with van der Waals surface area (Å²) >= 11 is 4.40. The molecule has 0 rings (SSSR count). The van der Waals surface area contributed by atoms with E-state index in [4.69, 9.17) is 9.79 Å². The van der Waals surface area contributed by atoms with Crippen molar-refractivity contribution < 1.29 is 9.32 Å². The SMILES string of the molecule is CC(C)N(C(C)C)P(CC(C)(C)C(C)(C)NC(=O)C(C)(C)S)OCCC#N. The van der Waals surface area contributed by atoms with Gasteiger partial charge in [0, 0.05) is 23.8 Å². The molecule has 0 aromatic carbocycles. The first kappa shape index (κ1) is 26.7. The summed E-state index contributed by atoms with van der Waals surface area (Å²) < 4.78 is 7.88. The maximum atomic E-state index is 12.5. The Bertz CT molecular complexity index is 514. The van der Waals surface area contributed by atoms with Crippen LogP contribution in [0.5, 0.6) is 0 Å². The normalized spacial score (nSPS) is 14.6. The van der Waals surface area contributed by atoms with Crippen LogP contribution in [0.25, 0.3) is 0 Å². The van der Waals surface area contributed by atoms with Gasteiger partial charge in [0.25, 0.3) is 0 Å². The van der Waals surface area contributed by atoms with Gasteiger partial charge in [-0.3, -0.25) is 9.46 Å². The Labute approximate surface area is 173 Å². The molecule has 1 unspecified atom stereocenters. The first-order chi connectivity index (χ1) is 12.1. The molecule has 0 radical (unpaired) electrons. The first-order valence-electron chi connectivity index (χ1n) is 9.67. The average molecular weight is 418 g/mol. The van der Waals surface area contributed by atoms with Gasteiger partial charge in [-0.25, -0.2) is 0 Å². The van der Waals surface area contributed by atoms with Crippen LogP contribution >= 0.6 is 20.9 Å². The van der Waals surface area contributed by atoms with Crippen molar-refractivity contribution in [2.75, 3.05) is 12.8 Å². The van der Waals surface area contributed by atoms with E-state index in [-0.39, 0.29) is 11.3 Å². The monoisotopic (exact) mass is 417 g/mol. The molecule has 1 amide bonds. The molecule has 0 spiro atoms. The minimum atomic E-state index is -0.908. The van der Waals surface area contributed by atoms with Crippen molar-refractivity contribution >= 4 is 26.8 Å². The van der Waals surface area contributed by atoms with Gasteiger partial charge in [0.1, 0.15) is 8.30 Å². The summed E-state index contributed by atoms with van der Waals surface area (Å²) in [6.45, 7) is 21.2. The van der Waals surface area contributed by atoms with Crippen molar-refractivity contribution in [3.63, 3.8) is 0 Å². The van der Waals surface area contributed by atoms with Gasteiger partial charge in [0.15, 0.2) is 0 Å². The molecule has 0 fully saturated rings. The molecule has 158 valence electrons. The van der Waals surface area contributed by atoms with Crippen LogP contribution in [0.3, 0.4) is 0 Å². The highest BCUT2D eigenvalue weighted by Gasteiger charge is 2.43. The maximum absolute atomic E-state index is 12.5. The molecule has 1 atom stereocenters. The molecule has 1 N–H and O–H groups in total. The molecule has 0 saturated carbocycles. The minimum absolute atomic E-state index is 0.0804. The topological polar surface area (TPSA) is 65.4 Å². The number of amides is 1. The van der Waals surface area contributed by atoms with Gasteiger partial charge in [-0.1, -0.05) is 13.8 Å². The van der Waals surface area contributed by atoms with Crippen LogP contribution in [0.1, 0.15) is 75.7 Å². The zero-order valence-corrected chi connectivity index (χ0v) is 20.7. The van der Waals surface area contributed by atoms with Gasteiger partial charge in [0.05, 0.1) is 23.8 Å². The summed E-state index contributed by atoms with van der Waals surface area (Å²) in [5, 5.41) is 12.1. The van der Waals surface area contributed by atoms with Gasteiger partial charge < -0.3 is 9.84 Å². The van der Waals surface area contributed by atoms with Crippen molar-refractivity contribution in [3.05, 3.63) is 0 Å². The van der Waals surface area contributed by atoms with E-state index in [1.807, 2.05) is 0 Å². The molecule has 0 bridgehead atoms. The molecular formula is C20H40N3O2PS. The van der Waals surface area contributed by atoms with E-state index < -0.39 is 18.6 Å². The highest BCUT2D eigenvalue weighted by molar-refractivity contribution is 7.82. The Morgan fingerprint density at radius 1 is 1.15 bits per heavy atom. The maximum Gasteiger partial charge on any atom is 0.235 e. The molecule has 7 heteroatoms. The number of nitrogens with one attached hydrogen (secondary N) is 1. The highest BCUT2D eigenvalue weighted by Crippen LogP contribution is 2.51. The molecule has 0 aliphatic rings. The number of carbonyl (C=O) groups is 1. The third-order valence-corrected chi connectivity index (χ3v) is 8.16. The van der Waals surface area contributed by atoms with Gasteiger partial charge >= 0.3 is 0 Å². The van der Waals surface area contributed by atoms with Gasteiger partial charge in [-0.05, 0) is 60.8 Å². The lowest BCUT2D eigenvalue weighted by Gasteiger charge is -2.47. The van der Waals surface area contributed by atoms with E-state index in [9.17, 15) is 4.79 Å². The van der Waals surface area contributed by atoms with E-state index in [1.165, 1.54) is 0 Å². The van der Waals surface area contributed by atoms with E-state index in [0.29, 0.717) is 25.1 Å². The highest BCUT2D eigenvalue weighted by atomic mass is 32.1. The van der Waals surface area contributed by atoms with Gasteiger partial charge in [0.2, 0.25) is 5.91 Å². The summed E-state index contributed by atoms with van der Waals surface area (Å²) in [5.41, 5.74) is -0.662. The second-order valence-electron chi connectivity index (χ2n) is 9.34. The van der Waals surface area contributed by atoms with Gasteiger partial charge in [-0.15, -0.1) is 0 Å². The Morgan fingerprint density at radius 3 is 2.00 bits per heavy atom. The molecule has 5 nitrogen and oxygen atoms in total. The summed E-state index contributed by atoms with van der Waals surface area (Å²) in [4.78, 5) is 12.5. The number of nitrogens with zero attached hydrogens (tertiary/aromatic N) is 2. The first-order valence-corrected chi connectivity index (χ1v) is 11.5. The van der Waals surface area contributed by atoms with Crippen molar-refractivity contribution in [1.29, 1.82) is 5.26 Å². The summed E-state index contributed by atoms with van der Waals surface area (Å²) in [6, 6.07) is 2.83. The van der Waals surface area contributed by atoms with E-state index in [0.717, 1.165) is 6.16 Å². The van der Waals surface area contributed by atoms with Crippen LogP contribution in [-0.4, -0.2) is 45.7 Å².